The first-order valence-corrected chi connectivity index (χ1v) is 12.0. The summed E-state index contributed by atoms with van der Waals surface area (Å²) in [5.41, 5.74) is 2.25. The number of thiazole rings is 1. The molecule has 0 unspecified atom stereocenters. The van der Waals surface area contributed by atoms with Crippen molar-refractivity contribution in [1.82, 2.24) is 24.4 Å². The van der Waals surface area contributed by atoms with Gasteiger partial charge in [0, 0.05) is 17.3 Å². The molecule has 8 nitrogen and oxygen atoms in total. The molecule has 6 rings (SSSR count). The number of aromatic nitrogens is 5. The molecule has 0 saturated heterocycles. The van der Waals surface area contributed by atoms with E-state index >= 15 is 0 Å². The summed E-state index contributed by atoms with van der Waals surface area (Å²) in [6, 6.07) is 17.7. The average molecular weight is 500 g/mol. The van der Waals surface area contributed by atoms with Gasteiger partial charge in [-0.15, -0.1) is 5.10 Å². The van der Waals surface area contributed by atoms with E-state index in [0.29, 0.717) is 44.5 Å². The van der Waals surface area contributed by atoms with Crippen molar-refractivity contribution in [3.63, 3.8) is 0 Å². The minimum atomic E-state index is -0.483. The van der Waals surface area contributed by atoms with E-state index in [1.54, 1.807) is 41.9 Å². The summed E-state index contributed by atoms with van der Waals surface area (Å²) in [5.74, 6) is 0.523. The molecule has 36 heavy (non-hydrogen) atoms. The van der Waals surface area contributed by atoms with Crippen LogP contribution < -0.4 is 14.8 Å². The van der Waals surface area contributed by atoms with Gasteiger partial charge in [0.25, 0.3) is 5.56 Å². The van der Waals surface area contributed by atoms with Crippen molar-refractivity contribution in [3.05, 3.63) is 99.4 Å². The van der Waals surface area contributed by atoms with E-state index in [1.165, 1.54) is 28.2 Å². The van der Waals surface area contributed by atoms with Gasteiger partial charge in [0.1, 0.15) is 5.69 Å². The van der Waals surface area contributed by atoms with Crippen molar-refractivity contribution < 1.29 is 13.5 Å². The lowest BCUT2D eigenvalue weighted by atomic mass is 10.1. The highest BCUT2D eigenvalue weighted by Crippen LogP contribution is 2.28. The molecule has 0 atom stereocenters. The van der Waals surface area contributed by atoms with E-state index in [-0.39, 0.29) is 11.3 Å². The van der Waals surface area contributed by atoms with Gasteiger partial charge in [-0.25, -0.2) is 9.07 Å². The monoisotopic (exact) mass is 499 g/mol. The first-order valence-electron chi connectivity index (χ1n) is 11.1. The molecule has 10 heteroatoms. The maximum absolute atomic E-state index is 14.7. The van der Waals surface area contributed by atoms with Crippen LogP contribution in [0.25, 0.3) is 39.6 Å². The van der Waals surface area contributed by atoms with Gasteiger partial charge in [0.05, 0.1) is 23.1 Å². The molecule has 0 amide bonds. The normalized spacial score (nSPS) is 12.0. The first kappa shape index (κ1) is 21.9. The van der Waals surface area contributed by atoms with Crippen LogP contribution in [0, 0.1) is 5.82 Å². The number of benzene rings is 2. The van der Waals surface area contributed by atoms with Crippen molar-refractivity contribution in [2.75, 3.05) is 6.61 Å². The van der Waals surface area contributed by atoms with Gasteiger partial charge in [-0.05, 0) is 55.5 Å². The molecule has 0 aliphatic rings. The molecule has 0 radical (unpaired) electrons. The molecule has 178 valence electrons. The van der Waals surface area contributed by atoms with Crippen molar-refractivity contribution in [1.29, 1.82) is 0 Å². The molecule has 4 aromatic heterocycles. The van der Waals surface area contributed by atoms with Crippen LogP contribution >= 0.6 is 11.3 Å². The van der Waals surface area contributed by atoms with Crippen LogP contribution in [0.4, 0.5) is 4.39 Å². The van der Waals surface area contributed by atoms with Crippen LogP contribution in [-0.4, -0.2) is 31.0 Å². The molecule has 6 aromatic rings. The Labute approximate surface area is 207 Å². The molecular formula is C26H18FN5O3S. The van der Waals surface area contributed by atoms with E-state index in [2.05, 4.69) is 10.1 Å². The summed E-state index contributed by atoms with van der Waals surface area (Å²) in [4.78, 5) is 18.0. The number of hydrogen-bond acceptors (Lipinski definition) is 7. The smallest absolute Gasteiger partial charge is 0.291 e. The Kier molecular flexibility index (Phi) is 5.42. The summed E-state index contributed by atoms with van der Waals surface area (Å²) in [5, 5.41) is 9.01. The fourth-order valence-electron chi connectivity index (χ4n) is 3.84. The number of rotatable bonds is 6. The molecule has 4 heterocycles. The van der Waals surface area contributed by atoms with Crippen molar-refractivity contribution in [2.45, 2.75) is 6.92 Å². The average Bonchev–Trinajstić information content (AvgIpc) is 3.68. The van der Waals surface area contributed by atoms with E-state index in [9.17, 15) is 9.18 Å². The van der Waals surface area contributed by atoms with Crippen molar-refractivity contribution in [2.24, 2.45) is 0 Å². The molecule has 0 bridgehead atoms. The Morgan fingerprint density at radius 2 is 1.97 bits per heavy atom. The van der Waals surface area contributed by atoms with Gasteiger partial charge in [-0.1, -0.05) is 29.5 Å². The van der Waals surface area contributed by atoms with E-state index in [1.807, 2.05) is 36.5 Å². The summed E-state index contributed by atoms with van der Waals surface area (Å²) in [6.07, 6.45) is 5.06. The van der Waals surface area contributed by atoms with Gasteiger partial charge in [-0.3, -0.25) is 4.79 Å². The Morgan fingerprint density at radius 1 is 1.11 bits per heavy atom. The number of hydrogen-bond donors (Lipinski definition) is 0. The van der Waals surface area contributed by atoms with E-state index in [4.69, 9.17) is 14.3 Å². The Hall–Kier alpha value is -4.57. The molecule has 0 saturated carbocycles. The molecule has 0 spiro atoms. The van der Waals surface area contributed by atoms with Gasteiger partial charge in [0.2, 0.25) is 10.8 Å². The summed E-state index contributed by atoms with van der Waals surface area (Å²) >= 11 is 1.21. The fraction of sp³-hybridized carbons (Fsp3) is 0.0769. The van der Waals surface area contributed by atoms with Gasteiger partial charge < -0.3 is 9.15 Å². The van der Waals surface area contributed by atoms with Crippen LogP contribution in [0.1, 0.15) is 12.5 Å². The van der Waals surface area contributed by atoms with Crippen LogP contribution in [0.2, 0.25) is 0 Å². The zero-order valence-corrected chi connectivity index (χ0v) is 19.8. The van der Waals surface area contributed by atoms with Gasteiger partial charge in [0.15, 0.2) is 17.3 Å². The van der Waals surface area contributed by atoms with Gasteiger partial charge >= 0.3 is 0 Å². The Morgan fingerprint density at radius 3 is 2.69 bits per heavy atom. The second-order valence-electron chi connectivity index (χ2n) is 7.81. The number of halogens is 1. The number of nitrogens with zero attached hydrogens (tertiary/aromatic N) is 5. The SMILES string of the molecule is CCOc1ccc(-c2nn(-c3ccccc3)cc2/C=c2\sc3nc(-c4ccco4)nn3c2=O)cc1F. The molecule has 2 aromatic carbocycles. The topological polar surface area (TPSA) is 87.4 Å². The molecular weight excluding hydrogens is 481 g/mol. The zero-order chi connectivity index (χ0) is 24.6. The maximum atomic E-state index is 14.7. The highest BCUT2D eigenvalue weighted by Gasteiger charge is 2.17. The maximum Gasteiger partial charge on any atom is 0.291 e. The minimum absolute atomic E-state index is 0.175. The zero-order valence-electron chi connectivity index (χ0n) is 19.0. The fourth-order valence-corrected chi connectivity index (χ4v) is 4.73. The van der Waals surface area contributed by atoms with Crippen LogP contribution in [0.5, 0.6) is 5.75 Å². The third-order valence-corrected chi connectivity index (χ3v) is 6.44. The van der Waals surface area contributed by atoms with Crippen LogP contribution in [0.15, 0.2) is 82.3 Å². The highest BCUT2D eigenvalue weighted by molar-refractivity contribution is 7.15. The summed E-state index contributed by atoms with van der Waals surface area (Å²) in [6.45, 7) is 2.16. The standard InChI is InChI=1S/C26H18FN5O3S/c1-2-34-20-11-10-16(13-19(20)27)23-17(15-31(29-23)18-7-4-3-5-8-18)14-22-25(33)32-26(36-22)28-24(30-32)21-9-6-12-35-21/h3-15H,2H2,1H3/b22-14-. The number of furan rings is 1. The van der Waals surface area contributed by atoms with Crippen molar-refractivity contribution >= 4 is 22.4 Å². The number of para-hydroxylation sites is 1. The lowest BCUT2D eigenvalue weighted by molar-refractivity contribution is 0.321. The summed E-state index contributed by atoms with van der Waals surface area (Å²) < 4.78 is 28.7. The largest absolute Gasteiger partial charge is 0.491 e. The molecule has 0 aliphatic heterocycles. The molecule has 0 aliphatic carbocycles. The van der Waals surface area contributed by atoms with Crippen LogP contribution in [-0.2, 0) is 0 Å². The molecule has 0 fully saturated rings. The van der Waals surface area contributed by atoms with Crippen LogP contribution in [0.3, 0.4) is 0 Å². The lowest BCUT2D eigenvalue weighted by Gasteiger charge is -2.06. The second-order valence-corrected chi connectivity index (χ2v) is 8.82. The second kappa shape index (κ2) is 8.90. The van der Waals surface area contributed by atoms with E-state index < -0.39 is 5.82 Å². The third kappa shape index (κ3) is 3.87. The highest BCUT2D eigenvalue weighted by atomic mass is 32.1. The van der Waals surface area contributed by atoms with Gasteiger partial charge in [-0.2, -0.15) is 14.6 Å². The molecule has 0 N–H and O–H groups in total. The predicted molar refractivity (Wildman–Crippen MR) is 134 cm³/mol. The van der Waals surface area contributed by atoms with E-state index in [0.717, 1.165) is 5.69 Å². The lowest BCUT2D eigenvalue weighted by Crippen LogP contribution is -2.23. The van der Waals surface area contributed by atoms with Crippen molar-refractivity contribution in [3.8, 4) is 34.3 Å². The first-order chi connectivity index (χ1) is 17.6. The predicted octanol–water partition coefficient (Wildman–Crippen LogP) is 4.35. The third-order valence-electron chi connectivity index (χ3n) is 5.48. The number of ether oxygens (including phenoxy) is 1. The number of fused-ring (bicyclic) bond motifs is 1. The Bertz CT molecular complexity index is 1790. The quantitative estimate of drug-likeness (QED) is 0.339. The minimum Gasteiger partial charge on any atom is -0.491 e. The Balaban J connectivity index is 1.49. The summed E-state index contributed by atoms with van der Waals surface area (Å²) in [7, 11) is 0.